The minimum atomic E-state index is 0.0431. The molecule has 0 N–H and O–H groups in total. The Bertz CT molecular complexity index is 283. The molecule has 0 amide bonds. The van der Waals surface area contributed by atoms with Gasteiger partial charge < -0.3 is 14.6 Å². The number of hydrogen-bond acceptors (Lipinski definition) is 3. The van der Waals surface area contributed by atoms with E-state index < -0.39 is 0 Å². The lowest BCUT2D eigenvalue weighted by molar-refractivity contribution is -0.111. The van der Waals surface area contributed by atoms with Crippen molar-refractivity contribution >= 4 is 6.29 Å². The molecule has 0 saturated carbocycles. The average molecular weight is 192 g/mol. The fourth-order valence-corrected chi connectivity index (χ4v) is 2.00. The molecule has 0 bridgehead atoms. The van der Waals surface area contributed by atoms with Crippen molar-refractivity contribution in [3.05, 3.63) is 24.2 Å². The zero-order chi connectivity index (χ0) is 9.97. The highest BCUT2D eigenvalue weighted by atomic mass is 16.1. The van der Waals surface area contributed by atoms with E-state index in [1.807, 2.05) is 11.9 Å². The molecule has 2 aliphatic heterocycles. The van der Waals surface area contributed by atoms with Gasteiger partial charge in [0.25, 0.3) is 0 Å². The van der Waals surface area contributed by atoms with Crippen molar-refractivity contribution in [2.24, 2.45) is 0 Å². The molecular formula is C11H16N2O. The van der Waals surface area contributed by atoms with Crippen LogP contribution in [-0.2, 0) is 4.79 Å². The van der Waals surface area contributed by atoms with Gasteiger partial charge >= 0.3 is 0 Å². The van der Waals surface area contributed by atoms with Gasteiger partial charge in [0.15, 0.2) is 0 Å². The molecule has 0 aromatic rings. The van der Waals surface area contributed by atoms with Gasteiger partial charge in [-0.15, -0.1) is 0 Å². The fourth-order valence-electron chi connectivity index (χ4n) is 2.00. The van der Waals surface area contributed by atoms with Gasteiger partial charge in [0.2, 0.25) is 0 Å². The zero-order valence-electron chi connectivity index (χ0n) is 8.52. The summed E-state index contributed by atoms with van der Waals surface area (Å²) in [6, 6.07) is 0.0431. The van der Waals surface area contributed by atoms with E-state index in [9.17, 15) is 4.79 Å². The van der Waals surface area contributed by atoms with Crippen LogP contribution >= 0.6 is 0 Å². The normalized spacial score (nSPS) is 26.6. The van der Waals surface area contributed by atoms with Crippen LogP contribution in [0.4, 0.5) is 0 Å². The van der Waals surface area contributed by atoms with E-state index in [0.29, 0.717) is 0 Å². The Morgan fingerprint density at radius 1 is 1.57 bits per heavy atom. The number of carbonyl (C=O) groups excluding carboxylic acids is 1. The van der Waals surface area contributed by atoms with E-state index in [1.54, 1.807) is 0 Å². The first-order chi connectivity index (χ1) is 6.81. The van der Waals surface area contributed by atoms with Crippen LogP contribution in [0.3, 0.4) is 0 Å². The molecule has 3 nitrogen and oxygen atoms in total. The third kappa shape index (κ3) is 1.67. The van der Waals surface area contributed by atoms with E-state index in [1.165, 1.54) is 5.70 Å². The monoisotopic (exact) mass is 192 g/mol. The van der Waals surface area contributed by atoms with Crippen molar-refractivity contribution in [1.82, 2.24) is 9.80 Å². The summed E-state index contributed by atoms with van der Waals surface area (Å²) in [6.45, 7) is 0.954. The molecule has 0 fully saturated rings. The van der Waals surface area contributed by atoms with E-state index in [0.717, 1.165) is 32.1 Å². The first-order valence-electron chi connectivity index (χ1n) is 5.12. The van der Waals surface area contributed by atoms with Crippen LogP contribution in [0, 0.1) is 0 Å². The Balaban J connectivity index is 2.20. The molecule has 0 radical (unpaired) electrons. The number of allylic oxidation sites excluding steroid dienone is 2. The van der Waals surface area contributed by atoms with Crippen LogP contribution in [0.1, 0.15) is 19.3 Å². The summed E-state index contributed by atoms with van der Waals surface area (Å²) < 4.78 is 0. The fraction of sp³-hybridized carbons (Fsp3) is 0.545. The van der Waals surface area contributed by atoms with Crippen LogP contribution in [0.5, 0.6) is 0 Å². The maximum atomic E-state index is 10.8. The Morgan fingerprint density at radius 3 is 3.21 bits per heavy atom. The molecule has 2 rings (SSSR count). The maximum absolute atomic E-state index is 10.8. The molecule has 1 unspecified atom stereocenters. The molecule has 0 saturated heterocycles. The highest BCUT2D eigenvalue weighted by molar-refractivity contribution is 5.58. The molecule has 2 heterocycles. The molecule has 2 aliphatic rings. The number of hydrogen-bond donors (Lipinski definition) is 0. The molecule has 3 heteroatoms. The standard InChI is InChI=1S/C11H16N2O/c1-12-8-10-4-2-3-6-13(10)7-5-11(12)9-14/h3,6,8-9,11H,2,4-5,7H2,1H3. The first kappa shape index (κ1) is 9.31. The lowest BCUT2D eigenvalue weighted by Gasteiger charge is -2.24. The zero-order valence-corrected chi connectivity index (χ0v) is 8.52. The maximum Gasteiger partial charge on any atom is 0.142 e. The summed E-state index contributed by atoms with van der Waals surface area (Å²) in [4.78, 5) is 15.1. The molecule has 76 valence electrons. The Kier molecular flexibility index (Phi) is 2.57. The van der Waals surface area contributed by atoms with E-state index in [2.05, 4.69) is 23.4 Å². The summed E-state index contributed by atoms with van der Waals surface area (Å²) >= 11 is 0. The van der Waals surface area contributed by atoms with Gasteiger partial charge in [-0.3, -0.25) is 0 Å². The number of rotatable bonds is 1. The van der Waals surface area contributed by atoms with Crippen LogP contribution in [0.25, 0.3) is 0 Å². The average Bonchev–Trinajstić information content (AvgIpc) is 2.36. The minimum Gasteiger partial charge on any atom is -0.369 e. The second-order valence-electron chi connectivity index (χ2n) is 3.89. The molecule has 0 aromatic heterocycles. The summed E-state index contributed by atoms with van der Waals surface area (Å²) in [5.74, 6) is 0. The summed E-state index contributed by atoms with van der Waals surface area (Å²) in [5, 5.41) is 0. The van der Waals surface area contributed by atoms with Gasteiger partial charge in [-0.05, 0) is 25.5 Å². The lowest BCUT2D eigenvalue weighted by atomic mass is 10.1. The van der Waals surface area contributed by atoms with Gasteiger partial charge in [0.1, 0.15) is 6.29 Å². The smallest absolute Gasteiger partial charge is 0.142 e. The second-order valence-corrected chi connectivity index (χ2v) is 3.89. The van der Waals surface area contributed by atoms with Crippen molar-refractivity contribution < 1.29 is 4.79 Å². The van der Waals surface area contributed by atoms with E-state index >= 15 is 0 Å². The summed E-state index contributed by atoms with van der Waals surface area (Å²) in [5.41, 5.74) is 1.33. The third-order valence-corrected chi connectivity index (χ3v) is 2.92. The number of likely N-dealkylation sites (N-methyl/N-ethyl adjacent to an activating group) is 1. The Morgan fingerprint density at radius 2 is 2.43 bits per heavy atom. The number of fused-ring (bicyclic) bond motifs is 1. The Labute approximate surface area is 84.7 Å². The van der Waals surface area contributed by atoms with Gasteiger partial charge in [0, 0.05) is 25.5 Å². The summed E-state index contributed by atoms with van der Waals surface area (Å²) in [7, 11) is 1.98. The number of carbonyl (C=O) groups is 1. The summed E-state index contributed by atoms with van der Waals surface area (Å²) in [6.07, 6.45) is 10.6. The molecular weight excluding hydrogens is 176 g/mol. The lowest BCUT2D eigenvalue weighted by Crippen LogP contribution is -2.28. The Hall–Kier alpha value is -1.25. The van der Waals surface area contributed by atoms with Crippen molar-refractivity contribution in [1.29, 1.82) is 0 Å². The second kappa shape index (κ2) is 3.86. The van der Waals surface area contributed by atoms with Gasteiger partial charge in [-0.2, -0.15) is 0 Å². The van der Waals surface area contributed by atoms with Crippen molar-refractivity contribution in [3.8, 4) is 0 Å². The van der Waals surface area contributed by atoms with Crippen LogP contribution in [0.15, 0.2) is 24.2 Å². The van der Waals surface area contributed by atoms with Gasteiger partial charge in [-0.1, -0.05) is 6.08 Å². The quantitative estimate of drug-likeness (QED) is 0.586. The van der Waals surface area contributed by atoms with E-state index in [4.69, 9.17) is 0 Å². The number of aldehydes is 1. The van der Waals surface area contributed by atoms with Gasteiger partial charge in [0.05, 0.1) is 6.04 Å². The minimum absolute atomic E-state index is 0.0431. The van der Waals surface area contributed by atoms with Crippen LogP contribution in [0.2, 0.25) is 0 Å². The highest BCUT2D eigenvalue weighted by Crippen LogP contribution is 2.23. The number of nitrogens with zero attached hydrogens (tertiary/aromatic N) is 2. The first-order valence-corrected chi connectivity index (χ1v) is 5.12. The molecule has 14 heavy (non-hydrogen) atoms. The molecule has 0 aromatic carbocycles. The topological polar surface area (TPSA) is 23.6 Å². The van der Waals surface area contributed by atoms with Gasteiger partial charge in [-0.25, -0.2) is 0 Å². The van der Waals surface area contributed by atoms with Crippen LogP contribution in [-0.4, -0.2) is 35.7 Å². The largest absolute Gasteiger partial charge is 0.369 e. The predicted octanol–water partition coefficient (Wildman–Crippen LogP) is 1.34. The van der Waals surface area contributed by atoms with E-state index in [-0.39, 0.29) is 6.04 Å². The molecule has 0 aliphatic carbocycles. The predicted molar refractivity (Wildman–Crippen MR) is 55.4 cm³/mol. The van der Waals surface area contributed by atoms with Crippen LogP contribution < -0.4 is 0 Å². The van der Waals surface area contributed by atoms with Crippen molar-refractivity contribution in [2.75, 3.05) is 13.6 Å². The highest BCUT2D eigenvalue weighted by Gasteiger charge is 2.20. The van der Waals surface area contributed by atoms with Crippen molar-refractivity contribution in [2.45, 2.75) is 25.3 Å². The molecule has 1 atom stereocenters. The SMILES string of the molecule is CN1C=C2CCC=CN2CCC1C=O. The van der Waals surface area contributed by atoms with Crippen molar-refractivity contribution in [3.63, 3.8) is 0 Å². The third-order valence-electron chi connectivity index (χ3n) is 2.92. The molecule has 0 spiro atoms.